The van der Waals surface area contributed by atoms with Gasteiger partial charge >= 0.3 is 5.38 Å². The Kier molecular flexibility index (Phi) is 5.95. The number of rotatable bonds is 6. The molecule has 0 spiro atoms. The van der Waals surface area contributed by atoms with Crippen molar-refractivity contribution in [2.45, 2.75) is 38.0 Å². The number of unbranched alkanes of at least 4 members (excludes halogenated alkanes) is 1. The second-order valence-electron chi connectivity index (χ2n) is 2.82. The average molecular weight is 214 g/mol. The molecule has 1 N–H and O–H groups in total. The molecule has 0 atom stereocenters. The van der Waals surface area contributed by atoms with Crippen molar-refractivity contribution in [3.8, 4) is 0 Å². The van der Waals surface area contributed by atoms with Gasteiger partial charge in [0.15, 0.2) is 0 Å². The summed E-state index contributed by atoms with van der Waals surface area (Å²) in [5.41, 5.74) is 0. The summed E-state index contributed by atoms with van der Waals surface area (Å²) in [5, 5.41) is -0.737. The van der Waals surface area contributed by atoms with Crippen molar-refractivity contribution in [2.75, 3.05) is 6.54 Å². The molecule has 78 valence electrons. The molecule has 0 aliphatic rings. The number of hydrogen-bond donors (Lipinski definition) is 1. The van der Waals surface area contributed by atoms with Gasteiger partial charge in [-0.15, -0.1) is 0 Å². The monoisotopic (exact) mass is 213 g/mol. The summed E-state index contributed by atoms with van der Waals surface area (Å²) in [6, 6.07) is 0. The Morgan fingerprint density at radius 3 is 2.62 bits per heavy atom. The van der Waals surface area contributed by atoms with E-state index >= 15 is 0 Å². The van der Waals surface area contributed by atoms with Gasteiger partial charge in [-0.05, 0) is 18.0 Å². The highest BCUT2D eigenvalue weighted by atomic mass is 35.5. The molecular formula is C8H14ClF2NO. The molecule has 0 aromatic heterocycles. The van der Waals surface area contributed by atoms with Crippen LogP contribution in [0.5, 0.6) is 0 Å². The van der Waals surface area contributed by atoms with E-state index in [1.54, 1.807) is 0 Å². The Balaban J connectivity index is 3.41. The summed E-state index contributed by atoms with van der Waals surface area (Å²) in [4.78, 5) is 10.9. The predicted octanol–water partition coefficient (Wildman–Crippen LogP) is 2.51. The van der Waals surface area contributed by atoms with Crippen molar-refractivity contribution < 1.29 is 13.6 Å². The van der Waals surface area contributed by atoms with Crippen molar-refractivity contribution in [1.29, 1.82) is 0 Å². The predicted molar refractivity (Wildman–Crippen MR) is 48.0 cm³/mol. The molecule has 2 nitrogen and oxygen atoms in total. The third kappa shape index (κ3) is 9.53. The lowest BCUT2D eigenvalue weighted by atomic mass is 10.3. The number of hydrogen-bond acceptors (Lipinski definition) is 1. The maximum Gasteiger partial charge on any atom is 0.322 e. The lowest BCUT2D eigenvalue weighted by Gasteiger charge is -2.07. The summed E-state index contributed by atoms with van der Waals surface area (Å²) in [7, 11) is 0. The van der Waals surface area contributed by atoms with Crippen LogP contribution in [0.4, 0.5) is 8.78 Å². The summed E-state index contributed by atoms with van der Waals surface area (Å²) in [5.74, 6) is -0.367. The number of nitrogens with one attached hydrogen (secondary N) is 1. The normalized spacial score (nSPS) is 11.4. The van der Waals surface area contributed by atoms with Gasteiger partial charge in [-0.1, -0.05) is 13.3 Å². The molecule has 0 aromatic rings. The van der Waals surface area contributed by atoms with Crippen LogP contribution in [0.15, 0.2) is 0 Å². The van der Waals surface area contributed by atoms with Gasteiger partial charge in [0.2, 0.25) is 5.91 Å². The van der Waals surface area contributed by atoms with E-state index in [9.17, 15) is 13.6 Å². The molecule has 0 fully saturated rings. The number of carbonyl (C=O) groups excluding carboxylic acids is 1. The lowest BCUT2D eigenvalue weighted by molar-refractivity contribution is -0.122. The molecule has 0 bridgehead atoms. The SMILES string of the molecule is CCCCNC(=O)CCC(F)(F)Cl. The molecule has 0 heterocycles. The van der Waals surface area contributed by atoms with Crippen molar-refractivity contribution >= 4 is 17.5 Å². The molecule has 0 saturated heterocycles. The fraction of sp³-hybridized carbons (Fsp3) is 0.875. The van der Waals surface area contributed by atoms with E-state index in [0.29, 0.717) is 6.54 Å². The summed E-state index contributed by atoms with van der Waals surface area (Å²) in [6.45, 7) is 2.53. The Morgan fingerprint density at radius 2 is 2.15 bits per heavy atom. The van der Waals surface area contributed by atoms with Crippen LogP contribution >= 0.6 is 11.6 Å². The zero-order valence-electron chi connectivity index (χ0n) is 7.58. The summed E-state index contributed by atoms with van der Waals surface area (Å²) in [6.07, 6.45) is 1.00. The van der Waals surface area contributed by atoms with Crippen molar-refractivity contribution in [1.82, 2.24) is 5.32 Å². The zero-order valence-corrected chi connectivity index (χ0v) is 8.33. The van der Waals surface area contributed by atoms with Crippen LogP contribution in [-0.2, 0) is 4.79 Å². The first kappa shape index (κ1) is 12.6. The van der Waals surface area contributed by atoms with E-state index in [1.807, 2.05) is 6.92 Å². The zero-order chi connectivity index (χ0) is 10.3. The summed E-state index contributed by atoms with van der Waals surface area (Å²) < 4.78 is 24.1. The van der Waals surface area contributed by atoms with Gasteiger partial charge in [-0.3, -0.25) is 4.79 Å². The van der Waals surface area contributed by atoms with E-state index < -0.39 is 11.8 Å². The van der Waals surface area contributed by atoms with Crippen molar-refractivity contribution in [3.63, 3.8) is 0 Å². The van der Waals surface area contributed by atoms with Crippen molar-refractivity contribution in [3.05, 3.63) is 0 Å². The van der Waals surface area contributed by atoms with Crippen LogP contribution in [-0.4, -0.2) is 17.8 Å². The first-order valence-corrected chi connectivity index (χ1v) is 4.67. The molecule has 1 amide bonds. The van der Waals surface area contributed by atoms with Gasteiger partial charge in [0, 0.05) is 19.4 Å². The van der Waals surface area contributed by atoms with Crippen molar-refractivity contribution in [2.24, 2.45) is 0 Å². The van der Waals surface area contributed by atoms with Crippen LogP contribution in [0.25, 0.3) is 0 Å². The largest absolute Gasteiger partial charge is 0.356 e. The molecule has 0 radical (unpaired) electrons. The Morgan fingerprint density at radius 1 is 1.54 bits per heavy atom. The minimum atomic E-state index is -3.26. The molecule has 0 aliphatic heterocycles. The standard InChI is InChI=1S/C8H14ClF2NO/c1-2-3-6-12-7(13)4-5-8(9,10)11/h2-6H2,1H3,(H,12,13). The van der Waals surface area contributed by atoms with Gasteiger partial charge in [0.25, 0.3) is 0 Å². The van der Waals surface area contributed by atoms with Gasteiger partial charge in [-0.25, -0.2) is 0 Å². The molecule has 0 aromatic carbocycles. The second kappa shape index (κ2) is 6.13. The van der Waals surface area contributed by atoms with E-state index in [4.69, 9.17) is 0 Å². The van der Waals surface area contributed by atoms with E-state index in [0.717, 1.165) is 12.8 Å². The number of amides is 1. The van der Waals surface area contributed by atoms with E-state index in [-0.39, 0.29) is 12.3 Å². The maximum atomic E-state index is 12.1. The van der Waals surface area contributed by atoms with Crippen LogP contribution < -0.4 is 5.32 Å². The minimum absolute atomic E-state index is 0.222. The summed E-state index contributed by atoms with van der Waals surface area (Å²) >= 11 is 4.63. The fourth-order valence-corrected chi connectivity index (χ4v) is 0.843. The van der Waals surface area contributed by atoms with Gasteiger partial charge in [0.1, 0.15) is 0 Å². The Hall–Kier alpha value is -0.380. The van der Waals surface area contributed by atoms with Crippen LogP contribution in [0, 0.1) is 0 Å². The smallest absolute Gasteiger partial charge is 0.322 e. The van der Waals surface area contributed by atoms with Gasteiger partial charge < -0.3 is 5.32 Å². The highest BCUT2D eigenvalue weighted by Gasteiger charge is 2.25. The quantitative estimate of drug-likeness (QED) is 0.533. The number of halogens is 3. The first-order valence-electron chi connectivity index (χ1n) is 4.29. The third-order valence-corrected chi connectivity index (χ3v) is 1.68. The Bertz CT molecular complexity index is 159. The van der Waals surface area contributed by atoms with Gasteiger partial charge in [0.05, 0.1) is 0 Å². The number of alkyl halides is 3. The molecule has 0 saturated carbocycles. The van der Waals surface area contributed by atoms with Crippen LogP contribution in [0.2, 0.25) is 0 Å². The van der Waals surface area contributed by atoms with Crippen LogP contribution in [0.3, 0.4) is 0 Å². The third-order valence-electron chi connectivity index (χ3n) is 1.49. The lowest BCUT2D eigenvalue weighted by Crippen LogP contribution is -2.25. The highest BCUT2D eigenvalue weighted by molar-refractivity contribution is 6.21. The molecular weight excluding hydrogens is 200 g/mol. The highest BCUT2D eigenvalue weighted by Crippen LogP contribution is 2.24. The topological polar surface area (TPSA) is 29.1 Å². The minimum Gasteiger partial charge on any atom is -0.356 e. The molecule has 0 unspecified atom stereocenters. The molecule has 0 aliphatic carbocycles. The first-order chi connectivity index (χ1) is 5.95. The number of carbonyl (C=O) groups is 1. The van der Waals surface area contributed by atoms with E-state index in [1.165, 1.54) is 0 Å². The van der Waals surface area contributed by atoms with E-state index in [2.05, 4.69) is 16.9 Å². The van der Waals surface area contributed by atoms with Gasteiger partial charge in [-0.2, -0.15) is 8.78 Å². The average Bonchev–Trinajstić information content (AvgIpc) is 2.00. The molecule has 0 rings (SSSR count). The van der Waals surface area contributed by atoms with Crippen LogP contribution in [0.1, 0.15) is 32.6 Å². The maximum absolute atomic E-state index is 12.1. The molecule has 5 heteroatoms. The Labute approximate surface area is 81.6 Å². The second-order valence-corrected chi connectivity index (χ2v) is 3.37. The molecule has 13 heavy (non-hydrogen) atoms. The fourth-order valence-electron chi connectivity index (χ4n) is 0.748.